The molecule has 1 aromatic rings. The zero-order valence-electron chi connectivity index (χ0n) is 14.4. The van der Waals surface area contributed by atoms with Gasteiger partial charge in [-0.1, -0.05) is 32.9 Å². The summed E-state index contributed by atoms with van der Waals surface area (Å²) in [6.07, 6.45) is 2.47. The van der Waals surface area contributed by atoms with E-state index < -0.39 is 0 Å². The van der Waals surface area contributed by atoms with Gasteiger partial charge in [-0.3, -0.25) is 4.79 Å². The van der Waals surface area contributed by atoms with E-state index in [0.717, 1.165) is 31.7 Å². The average Bonchev–Trinajstić information content (AvgIpc) is 3.30. The summed E-state index contributed by atoms with van der Waals surface area (Å²) in [4.78, 5) is 17.2. The highest BCUT2D eigenvalue weighted by molar-refractivity contribution is 5.96. The molecule has 1 aromatic carbocycles. The number of carbonyl (C=O) groups is 1. The number of rotatable bonds is 2. The van der Waals surface area contributed by atoms with Crippen LogP contribution in [-0.2, 0) is 5.41 Å². The molecule has 0 N–H and O–H groups in total. The molecule has 22 heavy (non-hydrogen) atoms. The van der Waals surface area contributed by atoms with Crippen LogP contribution in [0.25, 0.3) is 0 Å². The topological polar surface area (TPSA) is 23.6 Å². The Hall–Kier alpha value is -1.35. The van der Waals surface area contributed by atoms with Crippen LogP contribution in [0.4, 0.5) is 0 Å². The minimum atomic E-state index is 0.138. The molecule has 1 amide bonds. The van der Waals surface area contributed by atoms with Gasteiger partial charge in [0.2, 0.25) is 0 Å². The zero-order valence-corrected chi connectivity index (χ0v) is 14.4. The number of nitrogens with zero attached hydrogens (tertiary/aromatic N) is 2. The van der Waals surface area contributed by atoms with Crippen molar-refractivity contribution >= 4 is 5.91 Å². The predicted molar refractivity (Wildman–Crippen MR) is 90.5 cm³/mol. The molecule has 2 fully saturated rings. The van der Waals surface area contributed by atoms with Gasteiger partial charge in [0.1, 0.15) is 0 Å². The SMILES string of the molecule is CN1CCN(C(=O)c2ccc(C(C)(C)C)cc2C2CC2)CC1. The molecule has 1 heterocycles. The Bertz CT molecular complexity index is 561. The van der Waals surface area contributed by atoms with Crippen LogP contribution in [0.2, 0.25) is 0 Å². The maximum absolute atomic E-state index is 12.9. The van der Waals surface area contributed by atoms with Crippen molar-refractivity contribution in [3.05, 3.63) is 34.9 Å². The van der Waals surface area contributed by atoms with Gasteiger partial charge in [-0.2, -0.15) is 0 Å². The lowest BCUT2D eigenvalue weighted by Gasteiger charge is -2.33. The van der Waals surface area contributed by atoms with Gasteiger partial charge in [-0.05, 0) is 48.4 Å². The Morgan fingerprint density at radius 2 is 1.73 bits per heavy atom. The molecule has 2 aliphatic rings. The summed E-state index contributed by atoms with van der Waals surface area (Å²) >= 11 is 0. The minimum absolute atomic E-state index is 0.138. The molecule has 1 saturated carbocycles. The number of amides is 1. The van der Waals surface area contributed by atoms with Crippen molar-refractivity contribution in [2.24, 2.45) is 0 Å². The molecule has 1 aliphatic heterocycles. The molecule has 0 atom stereocenters. The largest absolute Gasteiger partial charge is 0.336 e. The standard InChI is InChI=1S/C19H28N2O/c1-19(2,3)15-7-8-16(17(13-15)14-5-6-14)18(22)21-11-9-20(4)10-12-21/h7-8,13-14H,5-6,9-12H2,1-4H3. The normalized spacial score (nSPS) is 20.3. The number of benzene rings is 1. The van der Waals surface area contributed by atoms with Gasteiger partial charge < -0.3 is 9.80 Å². The van der Waals surface area contributed by atoms with Gasteiger partial charge in [0.05, 0.1) is 0 Å². The Morgan fingerprint density at radius 1 is 1.09 bits per heavy atom. The molecule has 120 valence electrons. The third-order valence-electron chi connectivity index (χ3n) is 4.96. The summed E-state index contributed by atoms with van der Waals surface area (Å²) in [6.45, 7) is 10.4. The lowest BCUT2D eigenvalue weighted by atomic mass is 9.84. The number of piperazine rings is 1. The van der Waals surface area contributed by atoms with Crippen molar-refractivity contribution in [3.8, 4) is 0 Å². The van der Waals surface area contributed by atoms with E-state index in [4.69, 9.17) is 0 Å². The van der Waals surface area contributed by atoms with Gasteiger partial charge >= 0.3 is 0 Å². The molecule has 3 rings (SSSR count). The van der Waals surface area contributed by atoms with Gasteiger partial charge in [0, 0.05) is 31.7 Å². The predicted octanol–water partition coefficient (Wildman–Crippen LogP) is 3.25. The summed E-state index contributed by atoms with van der Waals surface area (Å²) in [5, 5.41) is 0. The number of hydrogen-bond acceptors (Lipinski definition) is 2. The van der Waals surface area contributed by atoms with E-state index in [1.807, 2.05) is 4.90 Å². The molecule has 0 bridgehead atoms. The first-order valence-corrected chi connectivity index (χ1v) is 8.48. The minimum Gasteiger partial charge on any atom is -0.336 e. The number of likely N-dealkylation sites (N-methyl/N-ethyl adjacent to an activating group) is 1. The maximum Gasteiger partial charge on any atom is 0.254 e. The van der Waals surface area contributed by atoms with Crippen molar-refractivity contribution in [3.63, 3.8) is 0 Å². The Kier molecular flexibility index (Phi) is 4.02. The number of hydrogen-bond donors (Lipinski definition) is 0. The Labute approximate surface area is 134 Å². The second-order valence-corrected chi connectivity index (χ2v) is 7.92. The van der Waals surface area contributed by atoms with Crippen molar-refractivity contribution in [2.45, 2.75) is 44.9 Å². The average molecular weight is 300 g/mol. The lowest BCUT2D eigenvalue weighted by Crippen LogP contribution is -2.47. The first-order valence-electron chi connectivity index (χ1n) is 8.48. The van der Waals surface area contributed by atoms with Crippen LogP contribution in [0.1, 0.15) is 61.0 Å². The van der Waals surface area contributed by atoms with Crippen LogP contribution >= 0.6 is 0 Å². The summed E-state index contributed by atoms with van der Waals surface area (Å²) in [6, 6.07) is 6.52. The van der Waals surface area contributed by atoms with E-state index in [-0.39, 0.29) is 11.3 Å². The van der Waals surface area contributed by atoms with Gasteiger partial charge in [0.15, 0.2) is 0 Å². The zero-order chi connectivity index (χ0) is 15.9. The van der Waals surface area contributed by atoms with Crippen LogP contribution < -0.4 is 0 Å². The second kappa shape index (κ2) is 5.69. The first kappa shape index (κ1) is 15.5. The number of carbonyl (C=O) groups excluding carboxylic acids is 1. The van der Waals surface area contributed by atoms with Crippen molar-refractivity contribution in [1.82, 2.24) is 9.80 Å². The summed E-state index contributed by atoms with van der Waals surface area (Å²) in [7, 11) is 2.12. The highest BCUT2D eigenvalue weighted by Gasteiger charge is 2.31. The maximum atomic E-state index is 12.9. The van der Waals surface area contributed by atoms with E-state index in [1.165, 1.54) is 24.0 Å². The highest BCUT2D eigenvalue weighted by Crippen LogP contribution is 2.43. The summed E-state index contributed by atoms with van der Waals surface area (Å²) in [5.41, 5.74) is 3.71. The Morgan fingerprint density at radius 3 is 2.27 bits per heavy atom. The van der Waals surface area contributed by atoms with E-state index in [2.05, 4.69) is 50.9 Å². The monoisotopic (exact) mass is 300 g/mol. The fraction of sp³-hybridized carbons (Fsp3) is 0.632. The van der Waals surface area contributed by atoms with Crippen molar-refractivity contribution < 1.29 is 4.79 Å². The van der Waals surface area contributed by atoms with Crippen LogP contribution in [0.5, 0.6) is 0 Å². The van der Waals surface area contributed by atoms with E-state index >= 15 is 0 Å². The third-order valence-corrected chi connectivity index (χ3v) is 4.96. The fourth-order valence-electron chi connectivity index (χ4n) is 3.14. The lowest BCUT2D eigenvalue weighted by molar-refractivity contribution is 0.0663. The quantitative estimate of drug-likeness (QED) is 0.837. The summed E-state index contributed by atoms with van der Waals surface area (Å²) < 4.78 is 0. The van der Waals surface area contributed by atoms with Crippen LogP contribution in [0.15, 0.2) is 18.2 Å². The summed E-state index contributed by atoms with van der Waals surface area (Å²) in [5.74, 6) is 0.837. The van der Waals surface area contributed by atoms with Crippen LogP contribution in [0.3, 0.4) is 0 Å². The first-order chi connectivity index (χ1) is 10.4. The molecule has 0 aromatic heterocycles. The van der Waals surface area contributed by atoms with Crippen LogP contribution in [0, 0.1) is 0 Å². The smallest absolute Gasteiger partial charge is 0.254 e. The van der Waals surface area contributed by atoms with Gasteiger partial charge in [0.25, 0.3) is 5.91 Å². The third kappa shape index (κ3) is 3.19. The molecular weight excluding hydrogens is 272 g/mol. The van der Waals surface area contributed by atoms with Crippen LogP contribution in [-0.4, -0.2) is 48.9 Å². The van der Waals surface area contributed by atoms with Crippen molar-refractivity contribution in [2.75, 3.05) is 33.2 Å². The van der Waals surface area contributed by atoms with Crippen molar-refractivity contribution in [1.29, 1.82) is 0 Å². The fourth-order valence-corrected chi connectivity index (χ4v) is 3.14. The molecule has 0 radical (unpaired) electrons. The molecule has 1 aliphatic carbocycles. The molecule has 0 spiro atoms. The highest BCUT2D eigenvalue weighted by atomic mass is 16.2. The molecule has 0 unspecified atom stereocenters. The second-order valence-electron chi connectivity index (χ2n) is 7.92. The molecule has 3 nitrogen and oxygen atoms in total. The molecular formula is C19H28N2O. The van der Waals surface area contributed by atoms with E-state index in [1.54, 1.807) is 0 Å². The van der Waals surface area contributed by atoms with Gasteiger partial charge in [-0.25, -0.2) is 0 Å². The Balaban J connectivity index is 1.88. The van der Waals surface area contributed by atoms with E-state index in [0.29, 0.717) is 5.92 Å². The molecule has 1 saturated heterocycles. The van der Waals surface area contributed by atoms with E-state index in [9.17, 15) is 4.79 Å². The molecule has 3 heteroatoms. The van der Waals surface area contributed by atoms with Gasteiger partial charge in [-0.15, -0.1) is 0 Å².